The number of carbonyl (C=O) groups is 1. The molecule has 2 N–H and O–H groups in total. The highest BCUT2D eigenvalue weighted by Gasteiger charge is 2.22. The van der Waals surface area contributed by atoms with Crippen molar-refractivity contribution in [3.8, 4) is 11.4 Å². The molecule has 198 valence electrons. The van der Waals surface area contributed by atoms with Crippen molar-refractivity contribution in [1.82, 2.24) is 14.8 Å². The van der Waals surface area contributed by atoms with E-state index >= 15 is 0 Å². The van der Waals surface area contributed by atoms with Crippen molar-refractivity contribution in [1.29, 1.82) is 0 Å². The van der Waals surface area contributed by atoms with E-state index in [1.54, 1.807) is 17.1 Å². The van der Waals surface area contributed by atoms with E-state index in [1.807, 2.05) is 78.9 Å². The predicted octanol–water partition coefficient (Wildman–Crippen LogP) is 7.27. The van der Waals surface area contributed by atoms with Crippen LogP contribution in [0.2, 0.25) is 0 Å². The molecule has 7 nitrogen and oxygen atoms in total. The molecule has 0 aliphatic rings. The fraction of sp³-hybridized carbons (Fsp3) is 0.194. The standard InChI is InChI=1S/C31H31N5O2S/c1-31(2,3)28-20-29(36(35-28)22-8-10-23(39)11-9-22)34-30(37)33-26-12-13-27(25-7-5-4-6-24(25)26)38-19-16-21-14-17-32-18-15-21/h4-15,17-18,20,39H,16,19H2,1-3H3,(H2,33,34,37). The first-order valence-corrected chi connectivity index (χ1v) is 13.2. The first kappa shape index (κ1) is 26.3. The number of hydrogen-bond acceptors (Lipinski definition) is 5. The van der Waals surface area contributed by atoms with Crippen LogP contribution in [-0.4, -0.2) is 27.4 Å². The second kappa shape index (κ2) is 11.2. The van der Waals surface area contributed by atoms with Gasteiger partial charge in [0.1, 0.15) is 11.6 Å². The number of hydrogen-bond donors (Lipinski definition) is 3. The van der Waals surface area contributed by atoms with Gasteiger partial charge >= 0.3 is 6.03 Å². The fourth-order valence-corrected chi connectivity index (χ4v) is 4.38. The van der Waals surface area contributed by atoms with E-state index < -0.39 is 0 Å². The minimum absolute atomic E-state index is 0.189. The summed E-state index contributed by atoms with van der Waals surface area (Å²) >= 11 is 4.38. The number of nitrogens with one attached hydrogen (secondary N) is 2. The highest BCUT2D eigenvalue weighted by molar-refractivity contribution is 7.80. The molecular weight excluding hydrogens is 506 g/mol. The highest BCUT2D eigenvalue weighted by Crippen LogP contribution is 2.32. The average molecular weight is 538 g/mol. The Hall–Kier alpha value is -4.30. The van der Waals surface area contributed by atoms with Crippen LogP contribution >= 0.6 is 12.6 Å². The van der Waals surface area contributed by atoms with Crippen molar-refractivity contribution < 1.29 is 9.53 Å². The molecule has 3 aromatic carbocycles. The van der Waals surface area contributed by atoms with Gasteiger partial charge in [-0.1, -0.05) is 45.0 Å². The Morgan fingerprint density at radius 2 is 1.64 bits per heavy atom. The molecular formula is C31H31N5O2S. The molecule has 2 aromatic heterocycles. The van der Waals surface area contributed by atoms with Gasteiger partial charge in [0, 0.05) is 46.0 Å². The van der Waals surface area contributed by atoms with Gasteiger partial charge in [0.15, 0.2) is 0 Å². The number of fused-ring (bicyclic) bond motifs is 1. The van der Waals surface area contributed by atoms with Crippen LogP contribution in [0.4, 0.5) is 16.3 Å². The first-order valence-electron chi connectivity index (χ1n) is 12.8. The second-order valence-corrected chi connectivity index (χ2v) is 10.8. The zero-order chi connectivity index (χ0) is 27.4. The van der Waals surface area contributed by atoms with Crippen LogP contribution < -0.4 is 15.4 Å². The molecule has 0 atom stereocenters. The number of nitrogens with zero attached hydrogens (tertiary/aromatic N) is 3. The van der Waals surface area contributed by atoms with Gasteiger partial charge < -0.3 is 10.1 Å². The van der Waals surface area contributed by atoms with Gasteiger partial charge in [-0.2, -0.15) is 5.10 Å². The lowest BCUT2D eigenvalue weighted by Gasteiger charge is -2.14. The van der Waals surface area contributed by atoms with E-state index in [-0.39, 0.29) is 11.4 Å². The lowest BCUT2D eigenvalue weighted by Crippen LogP contribution is -2.21. The number of pyridine rings is 1. The van der Waals surface area contributed by atoms with Gasteiger partial charge in [-0.05, 0) is 54.1 Å². The van der Waals surface area contributed by atoms with Crippen LogP contribution in [0.25, 0.3) is 16.5 Å². The smallest absolute Gasteiger partial charge is 0.324 e. The molecule has 0 bridgehead atoms. The fourth-order valence-electron chi connectivity index (χ4n) is 4.23. The van der Waals surface area contributed by atoms with E-state index in [9.17, 15) is 4.79 Å². The van der Waals surface area contributed by atoms with Gasteiger partial charge in [-0.15, -0.1) is 12.6 Å². The SMILES string of the molecule is CC(C)(C)c1cc(NC(=O)Nc2ccc(OCCc3ccncc3)c3ccccc23)n(-c2ccc(S)cc2)n1. The Morgan fingerprint density at radius 3 is 2.36 bits per heavy atom. The summed E-state index contributed by atoms with van der Waals surface area (Å²) in [7, 11) is 0. The number of amides is 2. The largest absolute Gasteiger partial charge is 0.493 e. The summed E-state index contributed by atoms with van der Waals surface area (Å²) in [6.45, 7) is 6.81. The minimum Gasteiger partial charge on any atom is -0.493 e. The van der Waals surface area contributed by atoms with Crippen molar-refractivity contribution in [2.24, 2.45) is 0 Å². The number of anilines is 2. The van der Waals surface area contributed by atoms with E-state index in [0.717, 1.165) is 39.2 Å². The third kappa shape index (κ3) is 6.23. The van der Waals surface area contributed by atoms with Crippen LogP contribution in [0, 0.1) is 0 Å². The Balaban J connectivity index is 1.36. The summed E-state index contributed by atoms with van der Waals surface area (Å²) in [5, 5.41) is 12.6. The lowest BCUT2D eigenvalue weighted by molar-refractivity contribution is 0.262. The van der Waals surface area contributed by atoms with Crippen LogP contribution in [0.3, 0.4) is 0 Å². The van der Waals surface area contributed by atoms with Crippen molar-refractivity contribution in [3.63, 3.8) is 0 Å². The Bertz CT molecular complexity index is 1590. The quantitative estimate of drug-likeness (QED) is 0.191. The van der Waals surface area contributed by atoms with E-state index in [1.165, 1.54) is 5.56 Å². The van der Waals surface area contributed by atoms with Crippen LogP contribution in [0.1, 0.15) is 32.0 Å². The van der Waals surface area contributed by atoms with Gasteiger partial charge in [0.2, 0.25) is 0 Å². The number of benzene rings is 3. The molecule has 0 aliphatic carbocycles. The molecule has 0 radical (unpaired) electrons. The van der Waals surface area contributed by atoms with Gasteiger partial charge in [-0.25, -0.2) is 9.48 Å². The normalized spacial score (nSPS) is 11.4. The Labute approximate surface area is 233 Å². The van der Waals surface area contributed by atoms with Gasteiger partial charge in [0.25, 0.3) is 0 Å². The average Bonchev–Trinajstić information content (AvgIpc) is 3.35. The second-order valence-electron chi connectivity index (χ2n) is 10.3. The van der Waals surface area contributed by atoms with Crippen LogP contribution in [-0.2, 0) is 11.8 Å². The summed E-state index contributed by atoms with van der Waals surface area (Å²) in [5.74, 6) is 1.34. The third-order valence-corrected chi connectivity index (χ3v) is 6.64. The minimum atomic E-state index is -0.362. The van der Waals surface area contributed by atoms with E-state index in [4.69, 9.17) is 9.84 Å². The molecule has 0 aliphatic heterocycles. The maximum absolute atomic E-state index is 13.2. The Morgan fingerprint density at radius 1 is 0.923 bits per heavy atom. The van der Waals surface area contributed by atoms with E-state index in [2.05, 4.69) is 49.0 Å². The number of urea groups is 1. The van der Waals surface area contributed by atoms with E-state index in [0.29, 0.717) is 18.1 Å². The predicted molar refractivity (Wildman–Crippen MR) is 160 cm³/mol. The number of rotatable bonds is 7. The molecule has 0 fully saturated rings. The van der Waals surface area contributed by atoms with Crippen molar-refractivity contribution in [3.05, 3.63) is 103 Å². The maximum atomic E-state index is 13.2. The molecule has 2 amide bonds. The topological polar surface area (TPSA) is 81.1 Å². The number of ether oxygens (including phenoxy) is 1. The van der Waals surface area contributed by atoms with Crippen LogP contribution in [0.15, 0.2) is 96.2 Å². The molecule has 0 saturated carbocycles. The highest BCUT2D eigenvalue weighted by atomic mass is 32.1. The van der Waals surface area contributed by atoms with Gasteiger partial charge in [0.05, 0.1) is 23.7 Å². The molecule has 0 spiro atoms. The summed E-state index contributed by atoms with van der Waals surface area (Å²) in [6.07, 6.45) is 4.34. The summed E-state index contributed by atoms with van der Waals surface area (Å²) in [4.78, 5) is 18.1. The van der Waals surface area contributed by atoms with Crippen molar-refractivity contribution >= 4 is 40.9 Å². The van der Waals surface area contributed by atoms with Crippen molar-refractivity contribution in [2.45, 2.75) is 37.5 Å². The Kier molecular flexibility index (Phi) is 7.56. The molecule has 0 saturated heterocycles. The van der Waals surface area contributed by atoms with Crippen molar-refractivity contribution in [2.75, 3.05) is 17.2 Å². The molecule has 39 heavy (non-hydrogen) atoms. The summed E-state index contributed by atoms with van der Waals surface area (Å²) in [6, 6.07) is 24.8. The molecule has 2 heterocycles. The molecule has 0 unspecified atom stereocenters. The third-order valence-electron chi connectivity index (χ3n) is 6.34. The summed E-state index contributed by atoms with van der Waals surface area (Å²) < 4.78 is 7.86. The molecule has 8 heteroatoms. The number of carbonyl (C=O) groups excluding carboxylic acids is 1. The number of thiol groups is 1. The zero-order valence-corrected chi connectivity index (χ0v) is 23.1. The summed E-state index contributed by atoms with van der Waals surface area (Å²) in [5.41, 5.74) is 3.36. The van der Waals surface area contributed by atoms with Crippen LogP contribution in [0.5, 0.6) is 5.75 Å². The number of aromatic nitrogens is 3. The van der Waals surface area contributed by atoms with Gasteiger partial charge in [-0.3, -0.25) is 10.3 Å². The lowest BCUT2D eigenvalue weighted by atomic mass is 9.92. The zero-order valence-electron chi connectivity index (χ0n) is 22.2. The maximum Gasteiger partial charge on any atom is 0.324 e. The molecule has 5 rings (SSSR count). The monoisotopic (exact) mass is 537 g/mol. The first-order chi connectivity index (χ1) is 18.8. The molecule has 5 aromatic rings.